The van der Waals surface area contributed by atoms with Gasteiger partial charge in [0.2, 0.25) is 5.91 Å². The van der Waals surface area contributed by atoms with Crippen molar-refractivity contribution in [2.45, 2.75) is 13.0 Å². The minimum atomic E-state index is -0.289. The first-order valence-corrected chi connectivity index (χ1v) is 8.87. The lowest BCUT2D eigenvalue weighted by molar-refractivity contribution is -0.127. The van der Waals surface area contributed by atoms with Crippen LogP contribution in [0.15, 0.2) is 48.5 Å². The lowest BCUT2D eigenvalue weighted by Gasteiger charge is -2.33. The summed E-state index contributed by atoms with van der Waals surface area (Å²) in [5.41, 5.74) is 1.86. The molecule has 2 N–H and O–H groups in total. The van der Waals surface area contributed by atoms with Crippen molar-refractivity contribution in [2.24, 2.45) is 11.8 Å². The molecule has 1 amide bonds. The van der Waals surface area contributed by atoms with Gasteiger partial charge < -0.3 is 15.4 Å². The van der Waals surface area contributed by atoms with Gasteiger partial charge in [0.05, 0.1) is 13.2 Å². The number of hydrogen-bond donors (Lipinski definition) is 2. The maximum atomic E-state index is 12.8. The number of amides is 1. The number of hydrogen-bond acceptors (Lipinski definition) is 3. The van der Waals surface area contributed by atoms with Crippen molar-refractivity contribution in [3.8, 4) is 5.75 Å². The Labute approximate surface area is 153 Å². The van der Waals surface area contributed by atoms with E-state index in [0.717, 1.165) is 30.0 Å². The normalized spacial score (nSPS) is 16.6. The van der Waals surface area contributed by atoms with Crippen molar-refractivity contribution >= 4 is 17.5 Å². The minimum absolute atomic E-state index is 0.0375. The Hall–Kier alpha value is -2.04. The van der Waals surface area contributed by atoms with Gasteiger partial charge in [-0.25, -0.2) is 0 Å². The van der Waals surface area contributed by atoms with E-state index in [1.165, 1.54) is 0 Å². The van der Waals surface area contributed by atoms with Crippen LogP contribution in [-0.2, 0) is 4.79 Å². The Morgan fingerprint density at radius 3 is 2.44 bits per heavy atom. The van der Waals surface area contributed by atoms with E-state index in [1.54, 1.807) is 7.11 Å². The van der Waals surface area contributed by atoms with E-state index >= 15 is 0 Å². The molecule has 1 heterocycles. The molecule has 132 valence electrons. The largest absolute Gasteiger partial charge is 0.497 e. The lowest BCUT2D eigenvalue weighted by atomic mass is 9.87. The summed E-state index contributed by atoms with van der Waals surface area (Å²) < 4.78 is 5.23. The number of ether oxygens (including phenoxy) is 1. The van der Waals surface area contributed by atoms with Crippen LogP contribution in [0.4, 0.5) is 0 Å². The summed E-state index contributed by atoms with van der Waals surface area (Å²) in [6.07, 6.45) is 0. The number of rotatable bonds is 6. The maximum absolute atomic E-state index is 12.8. The van der Waals surface area contributed by atoms with Crippen molar-refractivity contribution in [3.63, 3.8) is 0 Å². The number of nitrogens with one attached hydrogen (secondary N) is 2. The molecule has 2 aromatic carbocycles. The summed E-state index contributed by atoms with van der Waals surface area (Å²) in [6, 6.07) is 15.0. The van der Waals surface area contributed by atoms with Crippen LogP contribution in [0.1, 0.15) is 24.1 Å². The van der Waals surface area contributed by atoms with Gasteiger partial charge in [-0.15, -0.1) is 0 Å². The summed E-state index contributed by atoms with van der Waals surface area (Å²) in [7, 11) is 1.64. The van der Waals surface area contributed by atoms with E-state index in [-0.39, 0.29) is 17.9 Å². The second-order valence-electron chi connectivity index (χ2n) is 6.44. The lowest BCUT2D eigenvalue weighted by Crippen LogP contribution is -2.50. The van der Waals surface area contributed by atoms with Crippen molar-refractivity contribution in [1.82, 2.24) is 10.6 Å². The highest BCUT2D eigenvalue weighted by atomic mass is 35.5. The Morgan fingerprint density at radius 2 is 1.88 bits per heavy atom. The van der Waals surface area contributed by atoms with Crippen LogP contribution in [0.2, 0.25) is 5.02 Å². The van der Waals surface area contributed by atoms with Crippen LogP contribution in [0, 0.1) is 11.8 Å². The molecule has 2 unspecified atom stereocenters. The molecule has 1 aliphatic rings. The standard InChI is InChI=1S/C20H23ClN2O2/c1-13(15-11-22-12-15)20(24)23-19(17-5-3-4-6-18(17)21)14-7-9-16(25-2)10-8-14/h3-10,13,15,19,22H,11-12H2,1-2H3,(H,23,24). The predicted octanol–water partition coefficient (Wildman–Crippen LogP) is 3.41. The van der Waals surface area contributed by atoms with Crippen LogP contribution in [0.3, 0.4) is 0 Å². The first-order valence-electron chi connectivity index (χ1n) is 8.49. The summed E-state index contributed by atoms with van der Waals surface area (Å²) in [4.78, 5) is 12.8. The SMILES string of the molecule is COc1ccc(C(NC(=O)C(C)C2CNC2)c2ccccc2Cl)cc1. The smallest absolute Gasteiger partial charge is 0.223 e. The topological polar surface area (TPSA) is 50.4 Å². The van der Waals surface area contributed by atoms with E-state index in [2.05, 4.69) is 10.6 Å². The highest BCUT2D eigenvalue weighted by Crippen LogP contribution is 2.30. The van der Waals surface area contributed by atoms with E-state index in [9.17, 15) is 4.79 Å². The van der Waals surface area contributed by atoms with E-state index in [1.807, 2.05) is 55.5 Å². The average Bonchev–Trinajstić information content (AvgIpc) is 2.59. The number of carbonyl (C=O) groups excluding carboxylic acids is 1. The first-order chi connectivity index (χ1) is 12.1. The number of halogens is 1. The van der Waals surface area contributed by atoms with Crippen molar-refractivity contribution < 1.29 is 9.53 Å². The molecule has 2 aromatic rings. The predicted molar refractivity (Wildman–Crippen MR) is 100.0 cm³/mol. The first kappa shape index (κ1) is 17.8. The summed E-state index contributed by atoms with van der Waals surface area (Å²) in [5, 5.41) is 7.05. The van der Waals surface area contributed by atoms with Gasteiger partial charge in [-0.2, -0.15) is 0 Å². The third kappa shape index (κ3) is 3.97. The Morgan fingerprint density at radius 1 is 1.20 bits per heavy atom. The molecule has 1 aliphatic heterocycles. The van der Waals surface area contributed by atoms with Gasteiger partial charge in [0, 0.05) is 10.9 Å². The monoisotopic (exact) mass is 358 g/mol. The van der Waals surface area contributed by atoms with Gasteiger partial charge in [0.15, 0.2) is 0 Å². The van der Waals surface area contributed by atoms with Crippen molar-refractivity contribution in [2.75, 3.05) is 20.2 Å². The molecule has 2 atom stereocenters. The van der Waals surface area contributed by atoms with Crippen LogP contribution < -0.4 is 15.4 Å². The van der Waals surface area contributed by atoms with Gasteiger partial charge >= 0.3 is 0 Å². The fraction of sp³-hybridized carbons (Fsp3) is 0.350. The van der Waals surface area contributed by atoms with Gasteiger partial charge in [-0.3, -0.25) is 4.79 Å². The average molecular weight is 359 g/mol. The minimum Gasteiger partial charge on any atom is -0.497 e. The van der Waals surface area contributed by atoms with Crippen molar-refractivity contribution in [3.05, 3.63) is 64.7 Å². The van der Waals surface area contributed by atoms with Crippen LogP contribution >= 0.6 is 11.6 Å². The Bertz CT molecular complexity index is 729. The Kier molecular flexibility index (Phi) is 5.61. The van der Waals surface area contributed by atoms with Gasteiger partial charge in [-0.05, 0) is 48.3 Å². The van der Waals surface area contributed by atoms with Gasteiger partial charge in [0.25, 0.3) is 0 Å². The van der Waals surface area contributed by atoms with E-state index in [0.29, 0.717) is 10.9 Å². The molecule has 25 heavy (non-hydrogen) atoms. The van der Waals surface area contributed by atoms with E-state index < -0.39 is 0 Å². The zero-order valence-electron chi connectivity index (χ0n) is 14.5. The van der Waals surface area contributed by atoms with Crippen LogP contribution in [0.25, 0.3) is 0 Å². The Balaban J connectivity index is 1.88. The second-order valence-corrected chi connectivity index (χ2v) is 6.85. The molecule has 0 saturated carbocycles. The number of benzene rings is 2. The third-order valence-corrected chi connectivity index (χ3v) is 5.23. The molecule has 5 heteroatoms. The zero-order chi connectivity index (χ0) is 17.8. The quantitative estimate of drug-likeness (QED) is 0.832. The molecular weight excluding hydrogens is 336 g/mol. The molecular formula is C20H23ClN2O2. The number of carbonyl (C=O) groups is 1. The number of methoxy groups -OCH3 is 1. The zero-order valence-corrected chi connectivity index (χ0v) is 15.2. The molecule has 1 fully saturated rings. The van der Waals surface area contributed by atoms with Gasteiger partial charge in [-0.1, -0.05) is 48.9 Å². The summed E-state index contributed by atoms with van der Waals surface area (Å²) in [6.45, 7) is 3.78. The van der Waals surface area contributed by atoms with Crippen LogP contribution in [-0.4, -0.2) is 26.1 Å². The molecule has 0 bridgehead atoms. The van der Waals surface area contributed by atoms with Crippen molar-refractivity contribution in [1.29, 1.82) is 0 Å². The highest BCUT2D eigenvalue weighted by Gasteiger charge is 2.30. The van der Waals surface area contributed by atoms with Crippen LogP contribution in [0.5, 0.6) is 5.75 Å². The summed E-state index contributed by atoms with van der Waals surface area (Å²) in [5.74, 6) is 1.18. The molecule has 0 radical (unpaired) electrons. The molecule has 3 rings (SSSR count). The fourth-order valence-corrected chi connectivity index (χ4v) is 3.24. The fourth-order valence-electron chi connectivity index (χ4n) is 3.00. The van der Waals surface area contributed by atoms with Gasteiger partial charge in [0.1, 0.15) is 5.75 Å². The second kappa shape index (κ2) is 7.89. The molecule has 0 aromatic heterocycles. The highest BCUT2D eigenvalue weighted by molar-refractivity contribution is 6.31. The molecule has 4 nitrogen and oxygen atoms in total. The third-order valence-electron chi connectivity index (χ3n) is 4.89. The van der Waals surface area contributed by atoms with E-state index in [4.69, 9.17) is 16.3 Å². The maximum Gasteiger partial charge on any atom is 0.223 e. The molecule has 0 spiro atoms. The summed E-state index contributed by atoms with van der Waals surface area (Å²) >= 11 is 6.41. The molecule has 1 saturated heterocycles. The molecule has 0 aliphatic carbocycles.